The van der Waals surface area contributed by atoms with Gasteiger partial charge in [0.25, 0.3) is 0 Å². The van der Waals surface area contributed by atoms with Crippen LogP contribution in [0.3, 0.4) is 0 Å². The van der Waals surface area contributed by atoms with Gasteiger partial charge in [0, 0.05) is 5.56 Å². The number of hydrogen-bond acceptors (Lipinski definition) is 3. The van der Waals surface area contributed by atoms with E-state index in [9.17, 15) is 4.79 Å². The summed E-state index contributed by atoms with van der Waals surface area (Å²) in [5.41, 5.74) is 1.89. The molecule has 1 aliphatic rings. The Morgan fingerprint density at radius 2 is 2.45 bits per heavy atom. The summed E-state index contributed by atoms with van der Waals surface area (Å²) in [4.78, 5) is 12.1. The molecule has 3 nitrogen and oxygen atoms in total. The Balaban J connectivity index is 2.01. The smallest absolute Gasteiger partial charge is 0.233 e. The Morgan fingerprint density at radius 3 is 3.15 bits per heavy atom. The number of aliphatic hydroxyl groups excluding tert-OH is 1. The van der Waals surface area contributed by atoms with E-state index < -0.39 is 0 Å². The molecule has 1 aromatic carbocycles. The highest BCUT2D eigenvalue weighted by Gasteiger charge is 2.24. The van der Waals surface area contributed by atoms with Crippen LogP contribution in [0.2, 0.25) is 0 Å². The first-order chi connectivity index (χ1) is 9.70. The molecule has 2 rings (SSSR count). The van der Waals surface area contributed by atoms with Gasteiger partial charge in [0.1, 0.15) is 6.61 Å². The number of benzene rings is 1. The molecule has 106 valence electrons. The Morgan fingerprint density at radius 1 is 1.60 bits per heavy atom. The van der Waals surface area contributed by atoms with Crippen molar-refractivity contribution in [2.24, 2.45) is 0 Å². The van der Waals surface area contributed by atoms with Gasteiger partial charge in [-0.05, 0) is 43.2 Å². The molecule has 4 heteroatoms. The molecule has 0 saturated carbocycles. The predicted octanol–water partition coefficient (Wildman–Crippen LogP) is 2.10. The lowest BCUT2D eigenvalue weighted by atomic mass is 10.0. The average molecular weight is 289 g/mol. The van der Waals surface area contributed by atoms with Crippen LogP contribution in [0.1, 0.15) is 36.9 Å². The Labute approximate surface area is 124 Å². The van der Waals surface area contributed by atoms with Crippen molar-refractivity contribution in [3.05, 3.63) is 35.4 Å². The molecule has 2 N–H and O–H groups in total. The molecule has 1 fully saturated rings. The minimum Gasteiger partial charge on any atom is -0.384 e. The molecule has 0 radical (unpaired) electrons. The highest BCUT2D eigenvalue weighted by molar-refractivity contribution is 8.00. The van der Waals surface area contributed by atoms with Crippen LogP contribution in [0.15, 0.2) is 24.3 Å². The lowest BCUT2D eigenvalue weighted by Crippen LogP contribution is -2.33. The first-order valence-corrected chi connectivity index (χ1v) is 7.87. The number of thioether (sulfide) groups is 1. The number of hydrogen-bond donors (Lipinski definition) is 2. The third-order valence-corrected chi connectivity index (χ3v) is 4.66. The zero-order chi connectivity index (χ0) is 14.4. The Bertz CT molecular complexity index is 527. The fourth-order valence-corrected chi connectivity index (χ4v) is 3.37. The van der Waals surface area contributed by atoms with E-state index in [1.807, 2.05) is 31.2 Å². The van der Waals surface area contributed by atoms with Crippen molar-refractivity contribution in [1.29, 1.82) is 0 Å². The second-order valence-corrected chi connectivity index (χ2v) is 6.13. The van der Waals surface area contributed by atoms with E-state index >= 15 is 0 Å². The van der Waals surface area contributed by atoms with Gasteiger partial charge < -0.3 is 10.4 Å². The van der Waals surface area contributed by atoms with E-state index in [1.165, 1.54) is 0 Å². The highest BCUT2D eigenvalue weighted by Crippen LogP contribution is 2.27. The Kier molecular flexibility index (Phi) is 5.51. The molecule has 0 aliphatic carbocycles. The average Bonchev–Trinajstić information content (AvgIpc) is 2.99. The quantitative estimate of drug-likeness (QED) is 0.838. The second kappa shape index (κ2) is 7.37. The second-order valence-electron chi connectivity index (χ2n) is 4.82. The van der Waals surface area contributed by atoms with Gasteiger partial charge in [0.2, 0.25) is 5.91 Å². The molecular formula is C16H19NO2S. The number of carbonyl (C=O) groups excluding carboxylic acids is 1. The lowest BCUT2D eigenvalue weighted by Gasteiger charge is -2.17. The van der Waals surface area contributed by atoms with Gasteiger partial charge in [-0.1, -0.05) is 24.0 Å². The van der Waals surface area contributed by atoms with Gasteiger partial charge in [-0.3, -0.25) is 4.79 Å². The summed E-state index contributed by atoms with van der Waals surface area (Å²) in [6.07, 6.45) is 2.11. The van der Waals surface area contributed by atoms with Gasteiger partial charge >= 0.3 is 0 Å². The fourth-order valence-electron chi connectivity index (χ4n) is 2.20. The van der Waals surface area contributed by atoms with Gasteiger partial charge in [0.05, 0.1) is 11.3 Å². The van der Waals surface area contributed by atoms with E-state index in [2.05, 4.69) is 17.2 Å². The molecule has 20 heavy (non-hydrogen) atoms. The van der Waals surface area contributed by atoms with Crippen LogP contribution in [-0.4, -0.2) is 28.6 Å². The molecule has 2 unspecified atom stereocenters. The summed E-state index contributed by atoms with van der Waals surface area (Å²) in [6.45, 7) is 1.84. The molecule has 2 atom stereocenters. The molecule has 1 aliphatic heterocycles. The zero-order valence-corrected chi connectivity index (χ0v) is 12.4. The molecule has 1 heterocycles. The normalized spacial score (nSPS) is 19.0. The summed E-state index contributed by atoms with van der Waals surface area (Å²) in [5.74, 6) is 6.73. The van der Waals surface area contributed by atoms with Gasteiger partial charge in [0.15, 0.2) is 0 Å². The number of nitrogens with one attached hydrogen (secondary N) is 1. The first-order valence-electron chi connectivity index (χ1n) is 6.82. The third-order valence-electron chi connectivity index (χ3n) is 3.28. The SMILES string of the molecule is CC(NC(=O)C1CCCS1)c1cccc(C#CCO)c1. The van der Waals surface area contributed by atoms with E-state index in [4.69, 9.17) is 5.11 Å². The maximum atomic E-state index is 12.1. The monoisotopic (exact) mass is 289 g/mol. The van der Waals surface area contributed by atoms with Crippen molar-refractivity contribution in [3.63, 3.8) is 0 Å². The van der Waals surface area contributed by atoms with E-state index in [0.29, 0.717) is 0 Å². The van der Waals surface area contributed by atoms with Crippen molar-refractivity contribution in [2.75, 3.05) is 12.4 Å². The van der Waals surface area contributed by atoms with Crippen LogP contribution < -0.4 is 5.32 Å². The van der Waals surface area contributed by atoms with E-state index in [-0.39, 0.29) is 23.8 Å². The van der Waals surface area contributed by atoms with Crippen molar-refractivity contribution in [1.82, 2.24) is 5.32 Å². The van der Waals surface area contributed by atoms with Crippen molar-refractivity contribution >= 4 is 17.7 Å². The van der Waals surface area contributed by atoms with Crippen molar-refractivity contribution in [2.45, 2.75) is 31.1 Å². The van der Waals surface area contributed by atoms with Gasteiger partial charge in [-0.15, -0.1) is 11.8 Å². The topological polar surface area (TPSA) is 49.3 Å². The maximum absolute atomic E-state index is 12.1. The molecule has 0 bridgehead atoms. The maximum Gasteiger partial charge on any atom is 0.233 e. The minimum absolute atomic E-state index is 0.0282. The minimum atomic E-state index is -0.143. The summed E-state index contributed by atoms with van der Waals surface area (Å²) in [6, 6.07) is 7.73. The van der Waals surface area contributed by atoms with Gasteiger partial charge in [-0.25, -0.2) is 0 Å². The van der Waals surface area contributed by atoms with Crippen LogP contribution in [0.5, 0.6) is 0 Å². The summed E-state index contributed by atoms with van der Waals surface area (Å²) in [5, 5.41) is 11.9. The zero-order valence-electron chi connectivity index (χ0n) is 11.6. The molecule has 1 amide bonds. The fraction of sp³-hybridized carbons (Fsp3) is 0.438. The van der Waals surface area contributed by atoms with Crippen LogP contribution >= 0.6 is 11.8 Å². The van der Waals surface area contributed by atoms with Crippen LogP contribution in [0, 0.1) is 11.8 Å². The summed E-state index contributed by atoms with van der Waals surface area (Å²) >= 11 is 1.74. The third kappa shape index (κ3) is 4.03. The number of carbonyl (C=O) groups is 1. The highest BCUT2D eigenvalue weighted by atomic mass is 32.2. The van der Waals surface area contributed by atoms with Gasteiger partial charge in [-0.2, -0.15) is 0 Å². The Hall–Kier alpha value is -1.44. The largest absolute Gasteiger partial charge is 0.384 e. The van der Waals surface area contributed by atoms with E-state index in [0.717, 1.165) is 29.7 Å². The molecule has 0 spiro atoms. The number of amides is 1. The number of aliphatic hydroxyl groups is 1. The van der Waals surface area contributed by atoms with Crippen LogP contribution in [0.25, 0.3) is 0 Å². The molecule has 1 saturated heterocycles. The van der Waals surface area contributed by atoms with Crippen molar-refractivity contribution in [3.8, 4) is 11.8 Å². The summed E-state index contributed by atoms with van der Waals surface area (Å²) in [7, 11) is 0. The van der Waals surface area contributed by atoms with Crippen LogP contribution in [0.4, 0.5) is 0 Å². The standard InChI is InChI=1S/C16H19NO2S/c1-12(17-16(19)15-8-4-10-20-15)14-7-2-5-13(11-14)6-3-9-18/h2,5,7,11-12,15,18H,4,8-10H2,1H3,(H,17,19). The summed E-state index contributed by atoms with van der Waals surface area (Å²) < 4.78 is 0. The molecule has 0 aromatic heterocycles. The lowest BCUT2D eigenvalue weighted by molar-refractivity contribution is -0.121. The van der Waals surface area contributed by atoms with E-state index in [1.54, 1.807) is 11.8 Å². The number of rotatable bonds is 3. The molecular weight excluding hydrogens is 270 g/mol. The van der Waals surface area contributed by atoms with Crippen LogP contribution in [-0.2, 0) is 4.79 Å². The first kappa shape index (κ1) is 15.0. The predicted molar refractivity (Wildman–Crippen MR) is 82.4 cm³/mol. The van der Waals surface area contributed by atoms with Crippen molar-refractivity contribution < 1.29 is 9.90 Å². The molecule has 1 aromatic rings.